The molecule has 0 aliphatic heterocycles. The number of aryl methyl sites for hydroxylation is 2. The average molecular weight is 370 g/mol. The van der Waals surface area contributed by atoms with Gasteiger partial charge in [0.05, 0.1) is 23.6 Å². The van der Waals surface area contributed by atoms with Crippen LogP contribution in [0.2, 0.25) is 0 Å². The summed E-state index contributed by atoms with van der Waals surface area (Å²) in [5.74, 6) is 1.52. The van der Waals surface area contributed by atoms with Crippen LogP contribution in [-0.4, -0.2) is 9.97 Å². The van der Waals surface area contributed by atoms with Crippen LogP contribution in [0.15, 0.2) is 45.6 Å². The van der Waals surface area contributed by atoms with E-state index in [0.717, 1.165) is 51.0 Å². The van der Waals surface area contributed by atoms with E-state index in [1.165, 1.54) is 29.4 Å². The lowest BCUT2D eigenvalue weighted by Gasteiger charge is -2.33. The van der Waals surface area contributed by atoms with Crippen LogP contribution in [0.5, 0.6) is 0 Å². The van der Waals surface area contributed by atoms with Gasteiger partial charge < -0.3 is 13.8 Å². The average Bonchev–Trinajstić information content (AvgIpc) is 3.40. The van der Waals surface area contributed by atoms with Crippen molar-refractivity contribution in [3.8, 4) is 11.6 Å². The molecule has 1 aliphatic carbocycles. The van der Waals surface area contributed by atoms with Crippen LogP contribution in [0.4, 0.5) is 0 Å². The van der Waals surface area contributed by atoms with E-state index < -0.39 is 0 Å². The van der Waals surface area contributed by atoms with Crippen molar-refractivity contribution in [2.45, 2.75) is 45.4 Å². The topological polar surface area (TPSA) is 55.0 Å². The second-order valence-electron chi connectivity index (χ2n) is 8.66. The highest BCUT2D eigenvalue weighted by atomic mass is 16.3. The number of nitrogens with one attached hydrogen (secondary N) is 1. The molecular weight excluding hydrogens is 348 g/mol. The smallest absolute Gasteiger partial charge is 0.174 e. The van der Waals surface area contributed by atoms with Gasteiger partial charge >= 0.3 is 0 Å². The molecule has 0 amide bonds. The minimum atomic E-state index is 0.183. The number of hydrogen-bond acceptors (Lipinski definition) is 3. The molecule has 0 fully saturated rings. The Kier molecular flexibility index (Phi) is 3.02. The van der Waals surface area contributed by atoms with Gasteiger partial charge in [-0.1, -0.05) is 26.0 Å². The fourth-order valence-corrected chi connectivity index (χ4v) is 5.06. The first-order valence-corrected chi connectivity index (χ1v) is 9.94. The van der Waals surface area contributed by atoms with Crippen molar-refractivity contribution in [3.05, 3.63) is 53.5 Å². The Balaban J connectivity index is 1.84. The zero-order valence-corrected chi connectivity index (χ0v) is 16.3. The minimum absolute atomic E-state index is 0.183. The van der Waals surface area contributed by atoms with Gasteiger partial charge in [-0.15, -0.1) is 0 Å². The Morgan fingerprint density at radius 2 is 2.00 bits per heavy atom. The van der Waals surface area contributed by atoms with Crippen molar-refractivity contribution in [1.29, 1.82) is 0 Å². The SMILES string of the molecule is Cc1coc2c3ccc4c(c3c3nc(-c5ccco5)[nH]c3c12)CCCC4(C)C. The number of H-pyrrole nitrogens is 1. The fraction of sp³-hybridized carbons (Fsp3) is 0.292. The largest absolute Gasteiger partial charge is 0.463 e. The molecule has 5 aromatic rings. The van der Waals surface area contributed by atoms with Gasteiger partial charge in [0.1, 0.15) is 5.58 Å². The Hall–Kier alpha value is -3.01. The summed E-state index contributed by atoms with van der Waals surface area (Å²) in [6.45, 7) is 6.79. The predicted octanol–water partition coefficient (Wildman–Crippen LogP) is 6.64. The summed E-state index contributed by atoms with van der Waals surface area (Å²) in [6, 6.07) is 8.37. The van der Waals surface area contributed by atoms with Crippen LogP contribution in [0.1, 0.15) is 43.4 Å². The van der Waals surface area contributed by atoms with Gasteiger partial charge in [-0.25, -0.2) is 4.98 Å². The van der Waals surface area contributed by atoms with E-state index >= 15 is 0 Å². The molecule has 0 saturated heterocycles. The Bertz CT molecular complexity index is 1370. The van der Waals surface area contributed by atoms with Crippen molar-refractivity contribution in [1.82, 2.24) is 9.97 Å². The summed E-state index contributed by atoms with van der Waals surface area (Å²) in [5.41, 5.74) is 7.17. The van der Waals surface area contributed by atoms with E-state index in [1.807, 2.05) is 18.4 Å². The van der Waals surface area contributed by atoms with Crippen molar-refractivity contribution in [2.24, 2.45) is 0 Å². The maximum Gasteiger partial charge on any atom is 0.174 e. The molecule has 0 atom stereocenters. The Labute approximate surface area is 162 Å². The molecule has 4 heteroatoms. The van der Waals surface area contributed by atoms with Gasteiger partial charge in [0.15, 0.2) is 11.6 Å². The van der Waals surface area contributed by atoms with Gasteiger partial charge in [-0.3, -0.25) is 0 Å². The number of aromatic nitrogens is 2. The molecule has 0 bridgehead atoms. The molecule has 3 heterocycles. The van der Waals surface area contributed by atoms with Gasteiger partial charge in [0, 0.05) is 16.2 Å². The van der Waals surface area contributed by atoms with Crippen molar-refractivity contribution in [2.75, 3.05) is 0 Å². The van der Waals surface area contributed by atoms with Gasteiger partial charge in [0.25, 0.3) is 0 Å². The summed E-state index contributed by atoms with van der Waals surface area (Å²) in [6.07, 6.45) is 7.03. The second kappa shape index (κ2) is 5.28. The number of benzene rings is 2. The number of aromatic amines is 1. The van der Waals surface area contributed by atoms with E-state index in [1.54, 1.807) is 6.26 Å². The zero-order chi connectivity index (χ0) is 19.0. The van der Waals surface area contributed by atoms with Crippen molar-refractivity contribution < 1.29 is 8.83 Å². The lowest BCUT2D eigenvalue weighted by molar-refractivity contribution is 0.433. The molecular formula is C24H22N2O2. The molecule has 0 saturated carbocycles. The van der Waals surface area contributed by atoms with E-state index in [4.69, 9.17) is 13.8 Å². The maximum atomic E-state index is 6.04. The van der Waals surface area contributed by atoms with Crippen molar-refractivity contribution in [3.63, 3.8) is 0 Å². The maximum absolute atomic E-state index is 6.04. The van der Waals surface area contributed by atoms with Crippen LogP contribution >= 0.6 is 0 Å². The molecule has 0 unspecified atom stereocenters. The second-order valence-corrected chi connectivity index (χ2v) is 8.66. The molecule has 140 valence electrons. The standard InChI is InChI=1S/C24H22N2O2/c1-13-12-28-22-15-8-9-16-14(6-4-10-24(16,2)3)19(15)21-20(18(13)22)25-23(26-21)17-7-5-11-27-17/h5,7-9,11-12H,4,6,10H2,1-3H3,(H,25,26). The highest BCUT2D eigenvalue weighted by Crippen LogP contribution is 2.45. The number of furan rings is 2. The highest BCUT2D eigenvalue weighted by molar-refractivity contribution is 6.23. The fourth-order valence-electron chi connectivity index (χ4n) is 5.06. The molecule has 28 heavy (non-hydrogen) atoms. The van der Waals surface area contributed by atoms with Crippen LogP contribution in [0.3, 0.4) is 0 Å². The molecule has 2 aromatic carbocycles. The van der Waals surface area contributed by atoms with Gasteiger partial charge in [-0.2, -0.15) is 0 Å². The number of rotatable bonds is 1. The first kappa shape index (κ1) is 16.0. The lowest BCUT2D eigenvalue weighted by atomic mass is 9.71. The monoisotopic (exact) mass is 370 g/mol. The van der Waals surface area contributed by atoms with Crippen LogP contribution < -0.4 is 0 Å². The molecule has 1 aliphatic rings. The van der Waals surface area contributed by atoms with Crippen molar-refractivity contribution >= 4 is 32.8 Å². The Morgan fingerprint density at radius 3 is 2.82 bits per heavy atom. The normalized spacial score (nSPS) is 16.2. The first-order valence-electron chi connectivity index (χ1n) is 9.94. The summed E-state index contributed by atoms with van der Waals surface area (Å²) < 4.78 is 11.7. The summed E-state index contributed by atoms with van der Waals surface area (Å²) in [7, 11) is 0. The third kappa shape index (κ3) is 1.98. The molecule has 6 rings (SSSR count). The third-order valence-electron chi connectivity index (χ3n) is 6.44. The van der Waals surface area contributed by atoms with Crippen LogP contribution in [-0.2, 0) is 11.8 Å². The molecule has 1 N–H and O–H groups in total. The van der Waals surface area contributed by atoms with E-state index in [2.05, 4.69) is 37.9 Å². The van der Waals surface area contributed by atoms with Gasteiger partial charge in [-0.05, 0) is 60.4 Å². The van der Waals surface area contributed by atoms with Gasteiger partial charge in [0.2, 0.25) is 0 Å². The minimum Gasteiger partial charge on any atom is -0.463 e. The molecule has 0 spiro atoms. The predicted molar refractivity (Wildman–Crippen MR) is 112 cm³/mol. The molecule has 4 nitrogen and oxygen atoms in total. The van der Waals surface area contributed by atoms with E-state index in [0.29, 0.717) is 0 Å². The number of imidazole rings is 1. The molecule has 3 aromatic heterocycles. The van der Waals surface area contributed by atoms with Crippen LogP contribution in [0.25, 0.3) is 44.4 Å². The van der Waals surface area contributed by atoms with Crippen LogP contribution in [0, 0.1) is 6.92 Å². The third-order valence-corrected chi connectivity index (χ3v) is 6.44. The van der Waals surface area contributed by atoms with E-state index in [-0.39, 0.29) is 5.41 Å². The number of fused-ring (bicyclic) bond motifs is 8. The van der Waals surface area contributed by atoms with E-state index in [9.17, 15) is 0 Å². The summed E-state index contributed by atoms with van der Waals surface area (Å²) in [5, 5.41) is 3.50. The quantitative estimate of drug-likeness (QED) is 0.359. The number of nitrogens with zero attached hydrogens (tertiary/aromatic N) is 1. The zero-order valence-electron chi connectivity index (χ0n) is 16.3. The first-order chi connectivity index (χ1) is 13.5. The number of hydrogen-bond donors (Lipinski definition) is 1. The summed E-state index contributed by atoms with van der Waals surface area (Å²) >= 11 is 0. The summed E-state index contributed by atoms with van der Waals surface area (Å²) in [4.78, 5) is 8.54. The Morgan fingerprint density at radius 1 is 1.11 bits per heavy atom. The lowest BCUT2D eigenvalue weighted by Crippen LogP contribution is -2.23. The highest BCUT2D eigenvalue weighted by Gasteiger charge is 2.30. The molecule has 0 radical (unpaired) electrons.